The highest BCUT2D eigenvalue weighted by molar-refractivity contribution is 6.21. The Bertz CT molecular complexity index is 311. The van der Waals surface area contributed by atoms with Crippen molar-refractivity contribution >= 4 is 11.8 Å². The van der Waals surface area contributed by atoms with E-state index >= 15 is 0 Å². The number of carbonyl (C=O) groups excluding carboxylic acids is 2. The molecule has 0 atom stereocenters. The van der Waals surface area contributed by atoms with Gasteiger partial charge in [0.25, 0.3) is 11.8 Å². The molecule has 0 fully saturated rings. The molecule has 0 spiro atoms. The fourth-order valence-electron chi connectivity index (χ4n) is 1.25. The molecule has 74 valence electrons. The van der Waals surface area contributed by atoms with Crippen LogP contribution in [0.25, 0.3) is 0 Å². The maximum Gasteiger partial charge on any atom is 0.263 e. The smallest absolute Gasteiger partial charge is 0.263 e. The van der Waals surface area contributed by atoms with Crippen LogP contribution in [0.5, 0.6) is 0 Å². The van der Waals surface area contributed by atoms with Crippen molar-refractivity contribution in [2.45, 2.75) is 0 Å². The number of carbonyl (C=O) groups is 2. The maximum absolute atomic E-state index is 11.6. The van der Waals surface area contributed by atoms with Crippen molar-refractivity contribution in [3.63, 3.8) is 0 Å². The molecule has 1 rings (SSSR count). The van der Waals surface area contributed by atoms with Crippen LogP contribution >= 0.6 is 0 Å². The molecule has 0 radical (unpaired) electrons. The minimum atomic E-state index is -0.387. The molecule has 0 aromatic heterocycles. The van der Waals surface area contributed by atoms with Gasteiger partial charge in [-0.25, -0.2) is 0 Å². The number of amides is 2. The van der Waals surface area contributed by atoms with Crippen molar-refractivity contribution in [3.8, 4) is 0 Å². The maximum atomic E-state index is 11.6. The molecule has 4 heteroatoms. The summed E-state index contributed by atoms with van der Waals surface area (Å²) in [6, 6.07) is 0. The van der Waals surface area contributed by atoms with Gasteiger partial charge in [0.05, 0.1) is 11.1 Å². The van der Waals surface area contributed by atoms with Gasteiger partial charge in [-0.3, -0.25) is 14.5 Å². The summed E-state index contributed by atoms with van der Waals surface area (Å²) >= 11 is 0. The summed E-state index contributed by atoms with van der Waals surface area (Å²) in [5.74, 6) is -0.775. The van der Waals surface area contributed by atoms with E-state index in [1.807, 2.05) is 0 Å². The lowest BCUT2D eigenvalue weighted by atomic mass is 10.1. The Kier molecular flexibility index (Phi) is 2.99. The summed E-state index contributed by atoms with van der Waals surface area (Å²) in [6.45, 7) is 6.90. The third-order valence-electron chi connectivity index (χ3n) is 1.91. The first-order valence-corrected chi connectivity index (χ1v) is 4.01. The molecule has 0 aromatic rings. The minimum Gasteiger partial charge on any atom is -0.364 e. The molecule has 0 aliphatic carbocycles. The third kappa shape index (κ3) is 1.40. The van der Waals surface area contributed by atoms with Crippen LogP contribution in [0, 0.1) is 0 Å². The topological polar surface area (TPSA) is 46.6 Å². The van der Waals surface area contributed by atoms with Crippen LogP contribution in [-0.4, -0.2) is 30.6 Å². The Labute approximate surface area is 82.1 Å². The molecule has 2 amide bonds. The molecule has 0 saturated heterocycles. The zero-order chi connectivity index (χ0) is 10.7. The number of nitrogens with zero attached hydrogens (tertiary/aromatic N) is 1. The summed E-state index contributed by atoms with van der Waals surface area (Å²) in [5, 5.41) is 0. The van der Waals surface area contributed by atoms with E-state index in [0.717, 1.165) is 4.90 Å². The summed E-state index contributed by atoms with van der Waals surface area (Å²) in [7, 11) is 1.42. The molecular weight excluding hydrogens is 182 g/mol. The van der Waals surface area contributed by atoms with Gasteiger partial charge in [0.15, 0.2) is 0 Å². The molecule has 4 nitrogen and oxygen atoms in total. The lowest BCUT2D eigenvalue weighted by molar-refractivity contribution is -0.142. The van der Waals surface area contributed by atoms with Crippen LogP contribution in [0.15, 0.2) is 36.5 Å². The molecule has 0 N–H and O–H groups in total. The summed E-state index contributed by atoms with van der Waals surface area (Å²) in [6.07, 6.45) is 2.71. The molecule has 0 bridgehead atoms. The van der Waals surface area contributed by atoms with Gasteiger partial charge in [0.2, 0.25) is 0 Å². The zero-order valence-electron chi connectivity index (χ0n) is 7.95. The standard InChI is InChI=1S/C10H11NO3/c1-4-7-8(5-2)10(13)11(6-14-3)9(7)12/h4-5H,1-2,6H2,3H3. The van der Waals surface area contributed by atoms with E-state index in [2.05, 4.69) is 13.2 Å². The van der Waals surface area contributed by atoms with Gasteiger partial charge in [-0.2, -0.15) is 0 Å². The number of rotatable bonds is 4. The minimum absolute atomic E-state index is 0.0493. The lowest BCUT2D eigenvalue weighted by Gasteiger charge is -2.12. The molecule has 14 heavy (non-hydrogen) atoms. The van der Waals surface area contributed by atoms with Gasteiger partial charge in [0.1, 0.15) is 6.73 Å². The van der Waals surface area contributed by atoms with Crippen LogP contribution in [0.3, 0.4) is 0 Å². The molecule has 1 heterocycles. The fraction of sp³-hybridized carbons (Fsp3) is 0.200. The number of hydrogen-bond acceptors (Lipinski definition) is 3. The summed E-state index contributed by atoms with van der Waals surface area (Å²) < 4.78 is 4.74. The fourth-order valence-corrected chi connectivity index (χ4v) is 1.25. The molecule has 0 aromatic carbocycles. The Morgan fingerprint density at radius 2 is 1.64 bits per heavy atom. The number of methoxy groups -OCH3 is 1. The summed E-state index contributed by atoms with van der Waals surface area (Å²) in [5.41, 5.74) is 0.559. The van der Waals surface area contributed by atoms with Crippen molar-refractivity contribution < 1.29 is 14.3 Å². The van der Waals surface area contributed by atoms with Crippen LogP contribution in [0.4, 0.5) is 0 Å². The predicted octanol–water partition coefficient (Wildman–Crippen LogP) is 0.628. The second-order valence-corrected chi connectivity index (χ2v) is 2.69. The first kappa shape index (κ1) is 10.4. The summed E-state index contributed by atoms with van der Waals surface area (Å²) in [4.78, 5) is 24.1. The van der Waals surface area contributed by atoms with E-state index in [1.54, 1.807) is 0 Å². The molecular formula is C10H11NO3. The average Bonchev–Trinajstić information content (AvgIpc) is 2.41. The lowest BCUT2D eigenvalue weighted by Crippen LogP contribution is -2.33. The van der Waals surface area contributed by atoms with Crippen molar-refractivity contribution in [1.82, 2.24) is 4.90 Å². The van der Waals surface area contributed by atoms with E-state index in [4.69, 9.17) is 4.74 Å². The quantitative estimate of drug-likeness (QED) is 0.615. The molecule has 0 unspecified atom stereocenters. The number of imide groups is 1. The van der Waals surface area contributed by atoms with Gasteiger partial charge in [-0.1, -0.05) is 25.3 Å². The normalized spacial score (nSPS) is 16.5. The van der Waals surface area contributed by atoms with Gasteiger partial charge in [-0.05, 0) is 0 Å². The van der Waals surface area contributed by atoms with Crippen LogP contribution < -0.4 is 0 Å². The second kappa shape index (κ2) is 4.02. The third-order valence-corrected chi connectivity index (χ3v) is 1.91. The van der Waals surface area contributed by atoms with Crippen molar-refractivity contribution in [2.75, 3.05) is 13.8 Å². The Morgan fingerprint density at radius 3 is 1.93 bits per heavy atom. The van der Waals surface area contributed by atoms with Crippen molar-refractivity contribution in [2.24, 2.45) is 0 Å². The number of hydrogen-bond donors (Lipinski definition) is 0. The highest BCUT2D eigenvalue weighted by Crippen LogP contribution is 2.21. The average molecular weight is 193 g/mol. The van der Waals surface area contributed by atoms with Gasteiger partial charge >= 0.3 is 0 Å². The van der Waals surface area contributed by atoms with E-state index in [9.17, 15) is 9.59 Å². The van der Waals surface area contributed by atoms with Crippen molar-refractivity contribution in [3.05, 3.63) is 36.5 Å². The Hall–Kier alpha value is -1.68. The molecule has 1 aliphatic heterocycles. The van der Waals surface area contributed by atoms with E-state index in [1.165, 1.54) is 19.3 Å². The second-order valence-electron chi connectivity index (χ2n) is 2.69. The largest absolute Gasteiger partial charge is 0.364 e. The van der Waals surface area contributed by atoms with Crippen molar-refractivity contribution in [1.29, 1.82) is 0 Å². The SMILES string of the molecule is C=CC1=C(C=C)C(=O)N(COC)C1=O. The van der Waals surface area contributed by atoms with Gasteiger partial charge in [-0.15, -0.1) is 0 Å². The molecule has 1 aliphatic rings. The van der Waals surface area contributed by atoms with Crippen LogP contribution in [-0.2, 0) is 14.3 Å². The van der Waals surface area contributed by atoms with E-state index < -0.39 is 0 Å². The first-order valence-electron chi connectivity index (χ1n) is 4.01. The molecule has 0 saturated carbocycles. The predicted molar refractivity (Wildman–Crippen MR) is 51.1 cm³/mol. The van der Waals surface area contributed by atoms with E-state index in [-0.39, 0.29) is 29.7 Å². The van der Waals surface area contributed by atoms with Gasteiger partial charge < -0.3 is 4.74 Å². The first-order chi connectivity index (χ1) is 6.67. The monoisotopic (exact) mass is 193 g/mol. The highest BCUT2D eigenvalue weighted by Gasteiger charge is 2.34. The van der Waals surface area contributed by atoms with Crippen LogP contribution in [0.2, 0.25) is 0 Å². The Morgan fingerprint density at radius 1 is 1.21 bits per heavy atom. The van der Waals surface area contributed by atoms with Gasteiger partial charge in [0, 0.05) is 7.11 Å². The Balaban J connectivity index is 3.08. The zero-order valence-corrected chi connectivity index (χ0v) is 7.95. The van der Waals surface area contributed by atoms with E-state index in [0.29, 0.717) is 0 Å². The number of ether oxygens (including phenoxy) is 1. The highest BCUT2D eigenvalue weighted by atomic mass is 16.5. The van der Waals surface area contributed by atoms with Crippen LogP contribution in [0.1, 0.15) is 0 Å².